The molecule has 0 saturated heterocycles. The molecular weight excluding hydrogens is 390 g/mol. The molecule has 0 radical (unpaired) electrons. The van der Waals surface area contributed by atoms with Crippen molar-refractivity contribution in [2.24, 2.45) is 0 Å². The summed E-state index contributed by atoms with van der Waals surface area (Å²) in [4.78, 5) is 23.8. The number of ether oxygens (including phenoxy) is 1. The number of hydrogen-bond donors (Lipinski definition) is 1. The lowest BCUT2D eigenvalue weighted by molar-refractivity contribution is -0.143. The van der Waals surface area contributed by atoms with Crippen molar-refractivity contribution < 1.29 is 14.3 Å². The molecule has 1 N–H and O–H groups in total. The van der Waals surface area contributed by atoms with Crippen molar-refractivity contribution in [2.45, 2.75) is 32.4 Å². The maximum Gasteiger partial charge on any atom is 0.331 e. The number of nitrogens with one attached hydrogen (secondary N) is 1. The molecule has 0 atom stereocenters. The average Bonchev–Trinajstić information content (AvgIpc) is 3.50. The molecule has 1 amide bonds. The smallest absolute Gasteiger partial charge is 0.331 e. The predicted molar refractivity (Wildman–Crippen MR) is 119 cm³/mol. The predicted octanol–water partition coefficient (Wildman–Crippen LogP) is 3.74. The van der Waals surface area contributed by atoms with E-state index < -0.39 is 5.97 Å². The fraction of sp³-hybridized carbons (Fsp3) is 0.240. The Hall–Kier alpha value is -3.67. The molecule has 1 saturated carbocycles. The zero-order chi connectivity index (χ0) is 21.6. The molecule has 0 aliphatic heterocycles. The van der Waals surface area contributed by atoms with Gasteiger partial charge in [-0.05, 0) is 31.4 Å². The lowest BCUT2D eigenvalue weighted by Crippen LogP contribution is -2.30. The van der Waals surface area contributed by atoms with E-state index in [1.807, 2.05) is 41.2 Å². The highest BCUT2D eigenvalue weighted by molar-refractivity contribution is 5.90. The van der Waals surface area contributed by atoms with Crippen molar-refractivity contribution in [3.8, 4) is 11.3 Å². The topological polar surface area (TPSA) is 73.2 Å². The normalized spacial score (nSPS) is 13.3. The number of aromatic nitrogens is 2. The first-order chi connectivity index (χ1) is 15.1. The van der Waals surface area contributed by atoms with Crippen LogP contribution in [0.25, 0.3) is 17.3 Å². The van der Waals surface area contributed by atoms with Gasteiger partial charge in [-0.25, -0.2) is 4.79 Å². The maximum absolute atomic E-state index is 12.1. The van der Waals surface area contributed by atoms with Crippen LogP contribution in [0.4, 0.5) is 0 Å². The molecule has 0 spiro atoms. The van der Waals surface area contributed by atoms with E-state index in [1.165, 1.54) is 11.6 Å². The van der Waals surface area contributed by atoms with Crippen LogP contribution in [0.5, 0.6) is 0 Å². The molecule has 6 nitrogen and oxygen atoms in total. The Morgan fingerprint density at radius 2 is 1.87 bits per heavy atom. The van der Waals surface area contributed by atoms with Crippen LogP contribution in [-0.2, 0) is 20.9 Å². The third-order valence-electron chi connectivity index (χ3n) is 4.99. The summed E-state index contributed by atoms with van der Waals surface area (Å²) in [7, 11) is 0. The summed E-state index contributed by atoms with van der Waals surface area (Å²) in [5.74, 6) is -0.823. The molecule has 31 heavy (non-hydrogen) atoms. The largest absolute Gasteiger partial charge is 0.452 e. The highest BCUT2D eigenvalue weighted by Gasteiger charge is 2.23. The van der Waals surface area contributed by atoms with Gasteiger partial charge in [0.15, 0.2) is 6.61 Å². The number of aryl methyl sites for hydroxylation is 1. The van der Waals surface area contributed by atoms with Crippen molar-refractivity contribution in [1.29, 1.82) is 0 Å². The zero-order valence-corrected chi connectivity index (χ0v) is 17.5. The zero-order valence-electron chi connectivity index (χ0n) is 17.5. The molecule has 1 aliphatic carbocycles. The van der Waals surface area contributed by atoms with Gasteiger partial charge in [-0.15, -0.1) is 0 Å². The monoisotopic (exact) mass is 415 g/mol. The fourth-order valence-electron chi connectivity index (χ4n) is 3.18. The van der Waals surface area contributed by atoms with Crippen LogP contribution < -0.4 is 5.32 Å². The number of esters is 1. The van der Waals surface area contributed by atoms with Gasteiger partial charge in [0.1, 0.15) is 0 Å². The van der Waals surface area contributed by atoms with E-state index in [0.717, 1.165) is 35.2 Å². The summed E-state index contributed by atoms with van der Waals surface area (Å²) < 4.78 is 6.91. The quantitative estimate of drug-likeness (QED) is 0.449. The van der Waals surface area contributed by atoms with Crippen LogP contribution in [0.1, 0.15) is 29.5 Å². The first-order valence-electron chi connectivity index (χ1n) is 10.4. The van der Waals surface area contributed by atoms with Gasteiger partial charge in [-0.1, -0.05) is 60.2 Å². The lowest BCUT2D eigenvalue weighted by atomic mass is 10.1. The SMILES string of the molecule is Cc1ccc(Cn2cc(/C=C/C(=O)OCC(=O)NC3CC3)c(-c3ccccc3)n2)cc1. The summed E-state index contributed by atoms with van der Waals surface area (Å²) >= 11 is 0. The third kappa shape index (κ3) is 5.92. The van der Waals surface area contributed by atoms with E-state index in [1.54, 1.807) is 6.08 Å². The second-order valence-corrected chi connectivity index (χ2v) is 7.77. The Morgan fingerprint density at radius 1 is 1.13 bits per heavy atom. The van der Waals surface area contributed by atoms with Gasteiger partial charge in [-0.3, -0.25) is 9.48 Å². The van der Waals surface area contributed by atoms with Gasteiger partial charge < -0.3 is 10.1 Å². The number of benzene rings is 2. The summed E-state index contributed by atoms with van der Waals surface area (Å²) in [6, 6.07) is 18.4. The Morgan fingerprint density at radius 3 is 2.58 bits per heavy atom. The summed E-state index contributed by atoms with van der Waals surface area (Å²) in [5, 5.41) is 7.53. The summed E-state index contributed by atoms with van der Waals surface area (Å²) in [6.07, 6.45) is 6.92. The molecule has 2 aromatic carbocycles. The molecule has 158 valence electrons. The summed E-state index contributed by atoms with van der Waals surface area (Å²) in [5.41, 5.74) is 4.90. The second kappa shape index (κ2) is 9.43. The second-order valence-electron chi connectivity index (χ2n) is 7.77. The number of carbonyl (C=O) groups is 2. The fourth-order valence-corrected chi connectivity index (χ4v) is 3.18. The van der Waals surface area contributed by atoms with Crippen LogP contribution in [0.3, 0.4) is 0 Å². The van der Waals surface area contributed by atoms with Crippen molar-refractivity contribution >= 4 is 18.0 Å². The molecule has 3 aromatic rings. The highest BCUT2D eigenvalue weighted by atomic mass is 16.5. The lowest BCUT2D eigenvalue weighted by Gasteiger charge is -2.03. The van der Waals surface area contributed by atoms with Crippen LogP contribution in [0.2, 0.25) is 0 Å². The van der Waals surface area contributed by atoms with Gasteiger partial charge in [0.25, 0.3) is 5.91 Å². The minimum atomic E-state index is -0.559. The van der Waals surface area contributed by atoms with E-state index in [0.29, 0.717) is 6.54 Å². The number of carbonyl (C=O) groups excluding carboxylic acids is 2. The standard InChI is InChI=1S/C25H25N3O3/c1-18-7-9-19(10-8-18)15-28-16-21(25(27-28)20-5-3-2-4-6-20)11-14-24(30)31-17-23(29)26-22-12-13-22/h2-11,14,16,22H,12-13,15,17H2,1H3,(H,26,29)/b14-11+. The first kappa shape index (κ1) is 20.6. The van der Waals surface area contributed by atoms with Gasteiger partial charge in [-0.2, -0.15) is 5.10 Å². The maximum atomic E-state index is 12.1. The van der Waals surface area contributed by atoms with Crippen LogP contribution in [0, 0.1) is 6.92 Å². The molecule has 1 heterocycles. The van der Waals surface area contributed by atoms with E-state index in [9.17, 15) is 9.59 Å². The molecule has 1 fully saturated rings. The molecule has 1 aliphatic rings. The van der Waals surface area contributed by atoms with Crippen LogP contribution in [0.15, 0.2) is 66.9 Å². The van der Waals surface area contributed by atoms with E-state index >= 15 is 0 Å². The average molecular weight is 415 g/mol. The third-order valence-corrected chi connectivity index (χ3v) is 4.99. The molecule has 6 heteroatoms. The number of amides is 1. The van der Waals surface area contributed by atoms with Crippen molar-refractivity contribution in [3.63, 3.8) is 0 Å². The number of hydrogen-bond acceptors (Lipinski definition) is 4. The first-order valence-corrected chi connectivity index (χ1v) is 10.4. The van der Waals surface area contributed by atoms with Crippen molar-refractivity contribution in [1.82, 2.24) is 15.1 Å². The van der Waals surface area contributed by atoms with Gasteiger partial charge in [0.05, 0.1) is 12.2 Å². The molecule has 1 aromatic heterocycles. The summed E-state index contributed by atoms with van der Waals surface area (Å²) in [6.45, 7) is 2.42. The van der Waals surface area contributed by atoms with E-state index in [-0.39, 0.29) is 18.6 Å². The van der Waals surface area contributed by atoms with Crippen molar-refractivity contribution in [2.75, 3.05) is 6.61 Å². The Bertz CT molecular complexity index is 1080. The van der Waals surface area contributed by atoms with Crippen molar-refractivity contribution in [3.05, 3.63) is 83.6 Å². The minimum absolute atomic E-state index is 0.245. The Balaban J connectivity index is 1.48. The van der Waals surface area contributed by atoms with Crippen LogP contribution >= 0.6 is 0 Å². The molecule has 4 rings (SSSR count). The Labute approximate surface area is 181 Å². The number of nitrogens with zero attached hydrogens (tertiary/aromatic N) is 2. The number of rotatable bonds is 8. The van der Waals surface area contributed by atoms with Gasteiger partial charge in [0.2, 0.25) is 0 Å². The van der Waals surface area contributed by atoms with E-state index in [4.69, 9.17) is 9.84 Å². The highest BCUT2D eigenvalue weighted by Crippen LogP contribution is 2.23. The molecule has 0 unspecified atom stereocenters. The Kier molecular flexibility index (Phi) is 6.26. The molecular formula is C25H25N3O3. The van der Waals surface area contributed by atoms with Gasteiger partial charge >= 0.3 is 5.97 Å². The molecule has 0 bridgehead atoms. The minimum Gasteiger partial charge on any atom is -0.452 e. The van der Waals surface area contributed by atoms with Crippen LogP contribution in [-0.4, -0.2) is 34.3 Å². The van der Waals surface area contributed by atoms with Gasteiger partial charge in [0, 0.05) is 29.4 Å². The van der Waals surface area contributed by atoms with E-state index in [2.05, 4.69) is 36.5 Å².